The second-order valence-corrected chi connectivity index (χ2v) is 6.65. The first kappa shape index (κ1) is 24.3. The van der Waals surface area contributed by atoms with Crippen LogP contribution in [0.25, 0.3) is 6.08 Å². The molecule has 0 aliphatic heterocycles. The summed E-state index contributed by atoms with van der Waals surface area (Å²) in [5, 5.41) is 12.0. The fraction of sp³-hybridized carbons (Fsp3) is 0.292. The van der Waals surface area contributed by atoms with Crippen LogP contribution in [0.5, 0.6) is 23.0 Å². The highest BCUT2D eigenvalue weighted by molar-refractivity contribution is 6.01. The quantitative estimate of drug-likeness (QED) is 0.198. The molecule has 0 unspecified atom stereocenters. The summed E-state index contributed by atoms with van der Waals surface area (Å²) in [4.78, 5) is 24.7. The minimum Gasteiger partial charge on any atom is -0.493 e. The third-order valence-electron chi connectivity index (χ3n) is 4.50. The number of esters is 1. The maximum Gasteiger partial charge on any atom is 0.343 e. The summed E-state index contributed by atoms with van der Waals surface area (Å²) in [6.45, 7) is 2.52. The molecular weight excluding hydrogens is 412 g/mol. The zero-order valence-electron chi connectivity index (χ0n) is 18.6. The number of nitrogens with one attached hydrogen (secondary N) is 1. The van der Waals surface area contributed by atoms with Gasteiger partial charge in [0.2, 0.25) is 0 Å². The Balaban J connectivity index is 2.22. The van der Waals surface area contributed by atoms with Crippen molar-refractivity contribution in [1.82, 2.24) is 5.32 Å². The molecule has 0 spiro atoms. The highest BCUT2D eigenvalue weighted by Crippen LogP contribution is 2.31. The molecule has 0 saturated heterocycles. The molecule has 0 fully saturated rings. The summed E-state index contributed by atoms with van der Waals surface area (Å²) in [6.07, 6.45) is 3.22. The molecule has 0 radical (unpaired) electrons. The van der Waals surface area contributed by atoms with Gasteiger partial charge in [0.05, 0.1) is 26.9 Å². The largest absolute Gasteiger partial charge is 0.493 e. The lowest BCUT2D eigenvalue weighted by Gasteiger charge is -2.12. The molecule has 0 bridgehead atoms. The lowest BCUT2D eigenvalue weighted by atomic mass is 10.1. The van der Waals surface area contributed by atoms with Crippen LogP contribution < -0.4 is 24.3 Å². The highest BCUT2D eigenvalue weighted by Gasteiger charge is 2.16. The number of ether oxygens (including phenoxy) is 4. The number of hydrogen-bond donors (Lipinski definition) is 1. The standard InChI is InChI=1S/C24H26N2O6/c1-5-6-11-26-23(27)18(15-25)12-16-7-9-20(21(13-16)30-3)32-24(28)17-8-10-19(29-2)22(14-17)31-4/h7-10,12-14H,5-6,11H2,1-4H3,(H,26,27)/b18-12+. The molecule has 0 heterocycles. The first-order chi connectivity index (χ1) is 15.5. The number of unbranched alkanes of at least 4 members (excludes halogenated alkanes) is 1. The molecule has 0 aliphatic rings. The third kappa shape index (κ3) is 6.25. The van der Waals surface area contributed by atoms with Crippen molar-refractivity contribution in [2.24, 2.45) is 0 Å². The van der Waals surface area contributed by atoms with Crippen molar-refractivity contribution >= 4 is 18.0 Å². The van der Waals surface area contributed by atoms with Gasteiger partial charge in [-0.1, -0.05) is 19.4 Å². The summed E-state index contributed by atoms with van der Waals surface area (Å²) < 4.78 is 21.2. The second-order valence-electron chi connectivity index (χ2n) is 6.65. The molecule has 0 atom stereocenters. The number of rotatable bonds is 10. The summed E-state index contributed by atoms with van der Waals surface area (Å²) in [5.74, 6) is 0.302. The maximum absolute atomic E-state index is 12.6. The summed E-state index contributed by atoms with van der Waals surface area (Å²) in [6, 6.07) is 11.3. The Morgan fingerprint density at radius 2 is 1.62 bits per heavy atom. The van der Waals surface area contributed by atoms with Crippen LogP contribution in [-0.2, 0) is 4.79 Å². The van der Waals surface area contributed by atoms with Gasteiger partial charge in [-0.3, -0.25) is 4.79 Å². The number of nitriles is 1. The number of benzene rings is 2. The van der Waals surface area contributed by atoms with E-state index in [2.05, 4.69) is 5.32 Å². The minimum absolute atomic E-state index is 0.0294. The Labute approximate surface area is 187 Å². The van der Waals surface area contributed by atoms with E-state index in [-0.39, 0.29) is 22.6 Å². The molecule has 32 heavy (non-hydrogen) atoms. The zero-order chi connectivity index (χ0) is 23.5. The average Bonchev–Trinajstić information content (AvgIpc) is 2.82. The monoisotopic (exact) mass is 438 g/mol. The first-order valence-electron chi connectivity index (χ1n) is 9.99. The number of methoxy groups -OCH3 is 3. The molecule has 0 aromatic heterocycles. The van der Waals surface area contributed by atoms with Crippen molar-refractivity contribution in [1.29, 1.82) is 5.26 Å². The van der Waals surface area contributed by atoms with Crippen LogP contribution in [0.2, 0.25) is 0 Å². The fourth-order valence-electron chi connectivity index (χ4n) is 2.77. The van der Waals surface area contributed by atoms with Crippen molar-refractivity contribution in [2.75, 3.05) is 27.9 Å². The first-order valence-corrected chi connectivity index (χ1v) is 9.99. The Hall–Kier alpha value is -3.99. The summed E-state index contributed by atoms with van der Waals surface area (Å²) in [7, 11) is 4.41. The van der Waals surface area contributed by atoms with E-state index in [4.69, 9.17) is 18.9 Å². The normalized spacial score (nSPS) is 10.7. The highest BCUT2D eigenvalue weighted by atomic mass is 16.6. The predicted molar refractivity (Wildman–Crippen MR) is 119 cm³/mol. The fourth-order valence-corrected chi connectivity index (χ4v) is 2.77. The van der Waals surface area contributed by atoms with Crippen molar-refractivity contribution in [3.8, 4) is 29.1 Å². The van der Waals surface area contributed by atoms with E-state index < -0.39 is 11.9 Å². The second kappa shape index (κ2) is 12.0. The number of amides is 1. The van der Waals surface area contributed by atoms with Gasteiger partial charge in [0.25, 0.3) is 5.91 Å². The molecule has 0 aliphatic carbocycles. The van der Waals surface area contributed by atoms with Gasteiger partial charge in [0.15, 0.2) is 23.0 Å². The van der Waals surface area contributed by atoms with Gasteiger partial charge in [-0.25, -0.2) is 4.79 Å². The van der Waals surface area contributed by atoms with Crippen LogP contribution >= 0.6 is 0 Å². The van der Waals surface area contributed by atoms with Gasteiger partial charge in [0, 0.05) is 6.54 Å². The van der Waals surface area contributed by atoms with Crippen molar-refractivity contribution < 1.29 is 28.5 Å². The van der Waals surface area contributed by atoms with E-state index in [0.717, 1.165) is 12.8 Å². The number of hydrogen-bond acceptors (Lipinski definition) is 7. The van der Waals surface area contributed by atoms with Gasteiger partial charge in [0.1, 0.15) is 11.6 Å². The van der Waals surface area contributed by atoms with E-state index in [0.29, 0.717) is 23.6 Å². The molecule has 1 amide bonds. The maximum atomic E-state index is 12.6. The Bertz CT molecular complexity index is 1040. The number of nitrogens with zero attached hydrogens (tertiary/aromatic N) is 1. The van der Waals surface area contributed by atoms with Crippen molar-refractivity contribution in [3.05, 3.63) is 53.1 Å². The molecular formula is C24H26N2O6. The van der Waals surface area contributed by atoms with E-state index >= 15 is 0 Å². The van der Waals surface area contributed by atoms with Crippen molar-refractivity contribution in [2.45, 2.75) is 19.8 Å². The molecule has 168 valence electrons. The van der Waals surface area contributed by atoms with Crippen LogP contribution in [0, 0.1) is 11.3 Å². The minimum atomic E-state index is -0.611. The molecule has 1 N–H and O–H groups in total. The van der Waals surface area contributed by atoms with E-state index in [1.807, 2.05) is 13.0 Å². The Morgan fingerprint density at radius 3 is 2.25 bits per heavy atom. The van der Waals surface area contributed by atoms with Gasteiger partial charge in [-0.15, -0.1) is 0 Å². The van der Waals surface area contributed by atoms with E-state index in [1.165, 1.54) is 39.5 Å². The zero-order valence-corrected chi connectivity index (χ0v) is 18.6. The summed E-state index contributed by atoms with van der Waals surface area (Å²) in [5.41, 5.74) is 0.789. The lowest BCUT2D eigenvalue weighted by Crippen LogP contribution is -2.25. The SMILES string of the molecule is CCCCNC(=O)/C(C#N)=C/c1ccc(OC(=O)c2ccc(OC)c(OC)c2)c(OC)c1. The van der Waals surface area contributed by atoms with Crippen LogP contribution in [-0.4, -0.2) is 39.8 Å². The molecule has 2 aromatic carbocycles. The third-order valence-corrected chi connectivity index (χ3v) is 4.50. The molecule has 2 aromatic rings. The average molecular weight is 438 g/mol. The van der Waals surface area contributed by atoms with Crippen LogP contribution in [0.3, 0.4) is 0 Å². The molecule has 8 nitrogen and oxygen atoms in total. The Morgan fingerprint density at radius 1 is 0.969 bits per heavy atom. The van der Waals surface area contributed by atoms with Crippen molar-refractivity contribution in [3.63, 3.8) is 0 Å². The van der Waals surface area contributed by atoms with E-state index in [1.54, 1.807) is 24.3 Å². The van der Waals surface area contributed by atoms with Gasteiger partial charge < -0.3 is 24.3 Å². The topological polar surface area (TPSA) is 107 Å². The molecule has 0 saturated carbocycles. The number of carbonyl (C=O) groups is 2. The Kier molecular flexibility index (Phi) is 9.11. The van der Waals surface area contributed by atoms with Crippen LogP contribution in [0.15, 0.2) is 42.0 Å². The lowest BCUT2D eigenvalue weighted by molar-refractivity contribution is -0.117. The molecule has 2 rings (SSSR count). The van der Waals surface area contributed by atoms with Gasteiger partial charge in [-0.05, 0) is 48.4 Å². The summed E-state index contributed by atoms with van der Waals surface area (Å²) >= 11 is 0. The van der Waals surface area contributed by atoms with Crippen LogP contribution in [0.1, 0.15) is 35.7 Å². The van der Waals surface area contributed by atoms with Gasteiger partial charge in [-0.2, -0.15) is 5.26 Å². The van der Waals surface area contributed by atoms with Crippen LogP contribution in [0.4, 0.5) is 0 Å². The number of carbonyl (C=O) groups excluding carboxylic acids is 2. The smallest absolute Gasteiger partial charge is 0.343 e. The molecule has 8 heteroatoms. The van der Waals surface area contributed by atoms with E-state index in [9.17, 15) is 14.9 Å². The predicted octanol–water partition coefficient (Wildman–Crippen LogP) is 3.75. The van der Waals surface area contributed by atoms with Gasteiger partial charge >= 0.3 is 5.97 Å².